The van der Waals surface area contributed by atoms with E-state index in [2.05, 4.69) is 0 Å². The van der Waals surface area contributed by atoms with E-state index in [0.29, 0.717) is 12.2 Å². The Kier molecular flexibility index (Phi) is 5.97. The molecule has 0 aliphatic heterocycles. The van der Waals surface area contributed by atoms with Gasteiger partial charge in [-0.25, -0.2) is 4.79 Å². The Morgan fingerprint density at radius 1 is 1.40 bits per heavy atom. The summed E-state index contributed by atoms with van der Waals surface area (Å²) < 4.78 is 4.86. The monoisotopic (exact) mass is 229 g/mol. The molecule has 0 spiro atoms. The van der Waals surface area contributed by atoms with Gasteiger partial charge >= 0.3 is 5.97 Å². The summed E-state index contributed by atoms with van der Waals surface area (Å²) in [6.45, 7) is 4.08. The van der Waals surface area contributed by atoms with Gasteiger partial charge < -0.3 is 10.5 Å². The number of benzene rings is 1. The quantitative estimate of drug-likeness (QED) is 0.810. The molecule has 0 saturated heterocycles. The smallest absolute Gasteiger partial charge is 0.338 e. The number of esters is 1. The maximum Gasteiger partial charge on any atom is 0.338 e. The average Bonchev–Trinajstić information content (AvgIpc) is 2.18. The van der Waals surface area contributed by atoms with Crippen LogP contribution in [-0.2, 0) is 4.74 Å². The third-order valence-electron chi connectivity index (χ3n) is 1.95. The van der Waals surface area contributed by atoms with Gasteiger partial charge in [-0.1, -0.05) is 12.1 Å². The van der Waals surface area contributed by atoms with Gasteiger partial charge in [-0.05, 0) is 31.5 Å². The molecule has 0 aromatic heterocycles. The van der Waals surface area contributed by atoms with Crippen LogP contribution in [0.5, 0.6) is 0 Å². The number of carbonyl (C=O) groups is 1. The summed E-state index contributed by atoms with van der Waals surface area (Å²) in [5, 5.41) is 0. The van der Waals surface area contributed by atoms with Gasteiger partial charge in [-0.3, -0.25) is 0 Å². The molecule has 1 aromatic carbocycles. The van der Waals surface area contributed by atoms with Gasteiger partial charge in [-0.2, -0.15) is 0 Å². The topological polar surface area (TPSA) is 52.3 Å². The van der Waals surface area contributed by atoms with Gasteiger partial charge in [0.1, 0.15) is 0 Å². The number of nitrogens with two attached hydrogens (primary N) is 1. The van der Waals surface area contributed by atoms with E-state index in [9.17, 15) is 4.79 Å². The van der Waals surface area contributed by atoms with Crippen LogP contribution in [0.4, 0.5) is 0 Å². The zero-order valence-corrected chi connectivity index (χ0v) is 9.71. The highest BCUT2D eigenvalue weighted by Gasteiger charge is 2.06. The van der Waals surface area contributed by atoms with Crippen molar-refractivity contribution in [3.8, 4) is 0 Å². The van der Waals surface area contributed by atoms with Gasteiger partial charge in [0, 0.05) is 6.04 Å². The first kappa shape index (κ1) is 13.9. The fourth-order valence-electron chi connectivity index (χ4n) is 1.14. The molecule has 0 bridgehead atoms. The summed E-state index contributed by atoms with van der Waals surface area (Å²) in [6.07, 6.45) is 0. The van der Waals surface area contributed by atoms with Crippen LogP contribution in [-0.4, -0.2) is 12.6 Å². The van der Waals surface area contributed by atoms with Crippen LogP contribution in [0, 0.1) is 0 Å². The van der Waals surface area contributed by atoms with E-state index in [0.717, 1.165) is 5.56 Å². The predicted octanol–water partition coefficient (Wildman–Crippen LogP) is 2.30. The third-order valence-corrected chi connectivity index (χ3v) is 1.95. The molecule has 4 heteroatoms. The standard InChI is InChI=1S/C11H15NO2.ClH/c1-3-14-11(13)10-6-4-9(5-7-10)8(2)12;/h4-8H,3,12H2,1-2H3;1H. The van der Waals surface area contributed by atoms with Crippen LogP contribution in [0.2, 0.25) is 0 Å². The van der Waals surface area contributed by atoms with E-state index in [1.54, 1.807) is 19.1 Å². The van der Waals surface area contributed by atoms with Crippen molar-refractivity contribution < 1.29 is 9.53 Å². The van der Waals surface area contributed by atoms with Crippen molar-refractivity contribution >= 4 is 18.4 Å². The third kappa shape index (κ3) is 3.90. The Morgan fingerprint density at radius 3 is 2.33 bits per heavy atom. The van der Waals surface area contributed by atoms with Crippen LogP contribution in [0.25, 0.3) is 0 Å². The second-order valence-electron chi connectivity index (χ2n) is 3.13. The minimum atomic E-state index is -0.288. The maximum atomic E-state index is 11.3. The molecule has 0 amide bonds. The van der Waals surface area contributed by atoms with Crippen LogP contribution < -0.4 is 5.73 Å². The molecule has 2 N–H and O–H groups in total. The largest absolute Gasteiger partial charge is 0.462 e. The lowest BCUT2D eigenvalue weighted by molar-refractivity contribution is 0.0526. The average molecular weight is 230 g/mol. The lowest BCUT2D eigenvalue weighted by Gasteiger charge is -2.06. The molecule has 0 aliphatic carbocycles. The van der Waals surface area contributed by atoms with Crippen molar-refractivity contribution in [3.63, 3.8) is 0 Å². The van der Waals surface area contributed by atoms with E-state index in [4.69, 9.17) is 10.5 Å². The molecule has 3 nitrogen and oxygen atoms in total. The summed E-state index contributed by atoms with van der Waals surface area (Å²) in [5.41, 5.74) is 7.26. The number of carbonyl (C=O) groups excluding carboxylic acids is 1. The van der Waals surface area contributed by atoms with Gasteiger partial charge in [0.15, 0.2) is 0 Å². The molecule has 1 atom stereocenters. The molecule has 0 aliphatic rings. The Hall–Kier alpha value is -1.06. The summed E-state index contributed by atoms with van der Waals surface area (Å²) in [4.78, 5) is 11.3. The zero-order valence-electron chi connectivity index (χ0n) is 8.90. The highest BCUT2D eigenvalue weighted by molar-refractivity contribution is 5.89. The fourth-order valence-corrected chi connectivity index (χ4v) is 1.14. The molecule has 1 rings (SSSR count). The highest BCUT2D eigenvalue weighted by atomic mass is 35.5. The first-order chi connectivity index (χ1) is 6.65. The van der Waals surface area contributed by atoms with Crippen molar-refractivity contribution in [2.45, 2.75) is 19.9 Å². The van der Waals surface area contributed by atoms with Crippen LogP contribution in [0.3, 0.4) is 0 Å². The van der Waals surface area contributed by atoms with E-state index in [1.807, 2.05) is 19.1 Å². The summed E-state index contributed by atoms with van der Waals surface area (Å²) in [7, 11) is 0. The summed E-state index contributed by atoms with van der Waals surface area (Å²) >= 11 is 0. The van der Waals surface area contributed by atoms with Crippen molar-refractivity contribution in [2.75, 3.05) is 6.61 Å². The number of hydrogen-bond acceptors (Lipinski definition) is 3. The van der Waals surface area contributed by atoms with Gasteiger partial charge in [0.05, 0.1) is 12.2 Å². The minimum absolute atomic E-state index is 0. The predicted molar refractivity (Wildman–Crippen MR) is 62.2 cm³/mol. The van der Waals surface area contributed by atoms with E-state index in [-0.39, 0.29) is 24.4 Å². The molecule has 0 radical (unpaired) electrons. The number of ether oxygens (including phenoxy) is 1. The minimum Gasteiger partial charge on any atom is -0.462 e. The normalized spacial score (nSPS) is 11.4. The maximum absolute atomic E-state index is 11.3. The lowest BCUT2D eigenvalue weighted by Crippen LogP contribution is -2.07. The molecule has 1 unspecified atom stereocenters. The molecule has 1 aromatic rings. The van der Waals surface area contributed by atoms with Crippen molar-refractivity contribution in [1.29, 1.82) is 0 Å². The van der Waals surface area contributed by atoms with E-state index in [1.165, 1.54) is 0 Å². The molecule has 15 heavy (non-hydrogen) atoms. The molecule has 0 heterocycles. The molecule has 0 fully saturated rings. The van der Waals surface area contributed by atoms with E-state index < -0.39 is 0 Å². The molecular formula is C11H16ClNO2. The zero-order chi connectivity index (χ0) is 10.6. The molecule has 84 valence electrons. The summed E-state index contributed by atoms with van der Waals surface area (Å²) in [5.74, 6) is -0.288. The Balaban J connectivity index is 0.00000196. The number of hydrogen-bond donors (Lipinski definition) is 1. The lowest BCUT2D eigenvalue weighted by atomic mass is 10.1. The molecular weight excluding hydrogens is 214 g/mol. The van der Waals surface area contributed by atoms with Gasteiger partial charge in [0.2, 0.25) is 0 Å². The number of halogens is 1. The van der Waals surface area contributed by atoms with Crippen LogP contribution >= 0.6 is 12.4 Å². The fraction of sp³-hybridized carbons (Fsp3) is 0.364. The first-order valence-corrected chi connectivity index (χ1v) is 4.67. The Morgan fingerprint density at radius 2 is 1.93 bits per heavy atom. The molecule has 0 saturated carbocycles. The first-order valence-electron chi connectivity index (χ1n) is 4.67. The Labute approximate surface area is 96.0 Å². The second-order valence-corrected chi connectivity index (χ2v) is 3.13. The summed E-state index contributed by atoms with van der Waals surface area (Å²) in [6, 6.07) is 7.15. The van der Waals surface area contributed by atoms with Crippen LogP contribution in [0.1, 0.15) is 35.8 Å². The Bertz CT molecular complexity index is 309. The van der Waals surface area contributed by atoms with Crippen LogP contribution in [0.15, 0.2) is 24.3 Å². The highest BCUT2D eigenvalue weighted by Crippen LogP contribution is 2.11. The SMILES string of the molecule is CCOC(=O)c1ccc(C(C)N)cc1.Cl. The van der Waals surface area contributed by atoms with E-state index >= 15 is 0 Å². The van der Waals surface area contributed by atoms with Gasteiger partial charge in [0.25, 0.3) is 0 Å². The van der Waals surface area contributed by atoms with Crippen molar-refractivity contribution in [1.82, 2.24) is 0 Å². The van der Waals surface area contributed by atoms with Crippen molar-refractivity contribution in [3.05, 3.63) is 35.4 Å². The second kappa shape index (κ2) is 6.43. The van der Waals surface area contributed by atoms with Gasteiger partial charge in [-0.15, -0.1) is 12.4 Å². The van der Waals surface area contributed by atoms with Crippen molar-refractivity contribution in [2.24, 2.45) is 5.73 Å². The number of rotatable bonds is 3.